The van der Waals surface area contributed by atoms with Crippen LogP contribution in [0.5, 0.6) is 0 Å². The number of methoxy groups -OCH3 is 2. The standard InChI is InChI=1S/C10H14O2/c1-8-5-4-6-9(11-2)10(7-8)12-3/h5-7H,4H2,1-3H3. The van der Waals surface area contributed by atoms with Gasteiger partial charge in [-0.3, -0.25) is 0 Å². The van der Waals surface area contributed by atoms with Crippen LogP contribution in [-0.4, -0.2) is 14.2 Å². The van der Waals surface area contributed by atoms with Crippen molar-refractivity contribution in [1.29, 1.82) is 0 Å². The van der Waals surface area contributed by atoms with E-state index in [-0.39, 0.29) is 0 Å². The molecule has 2 nitrogen and oxygen atoms in total. The van der Waals surface area contributed by atoms with E-state index in [2.05, 4.69) is 6.08 Å². The lowest BCUT2D eigenvalue weighted by Gasteiger charge is -2.07. The molecule has 0 radical (unpaired) electrons. The van der Waals surface area contributed by atoms with Gasteiger partial charge in [-0.25, -0.2) is 0 Å². The second-order valence-electron chi connectivity index (χ2n) is 2.67. The van der Waals surface area contributed by atoms with Gasteiger partial charge < -0.3 is 9.47 Å². The predicted octanol–water partition coefficient (Wildman–Crippen LogP) is 2.40. The van der Waals surface area contributed by atoms with Gasteiger partial charge >= 0.3 is 0 Å². The van der Waals surface area contributed by atoms with Crippen LogP contribution in [0.15, 0.2) is 35.3 Å². The largest absolute Gasteiger partial charge is 0.493 e. The maximum absolute atomic E-state index is 5.17. The van der Waals surface area contributed by atoms with E-state index in [1.807, 2.05) is 19.1 Å². The first-order valence-electron chi connectivity index (χ1n) is 3.95. The highest BCUT2D eigenvalue weighted by atomic mass is 16.5. The van der Waals surface area contributed by atoms with Crippen LogP contribution in [0.2, 0.25) is 0 Å². The third-order valence-corrected chi connectivity index (χ3v) is 1.78. The first-order chi connectivity index (χ1) is 5.77. The summed E-state index contributed by atoms with van der Waals surface area (Å²) in [5.41, 5.74) is 1.20. The van der Waals surface area contributed by atoms with Gasteiger partial charge in [-0.15, -0.1) is 0 Å². The molecule has 1 aliphatic rings. The van der Waals surface area contributed by atoms with Crippen molar-refractivity contribution in [3.8, 4) is 0 Å². The first-order valence-corrected chi connectivity index (χ1v) is 3.95. The van der Waals surface area contributed by atoms with Crippen molar-refractivity contribution in [2.45, 2.75) is 13.3 Å². The second kappa shape index (κ2) is 4.00. The molecule has 0 aromatic carbocycles. The highest BCUT2D eigenvalue weighted by Gasteiger charge is 2.06. The molecule has 12 heavy (non-hydrogen) atoms. The van der Waals surface area contributed by atoms with Gasteiger partial charge in [-0.2, -0.15) is 0 Å². The van der Waals surface area contributed by atoms with Crippen LogP contribution in [0, 0.1) is 0 Å². The summed E-state index contributed by atoms with van der Waals surface area (Å²) in [6.45, 7) is 2.05. The van der Waals surface area contributed by atoms with Crippen molar-refractivity contribution >= 4 is 0 Å². The molecule has 1 aliphatic carbocycles. The summed E-state index contributed by atoms with van der Waals surface area (Å²) in [7, 11) is 3.30. The van der Waals surface area contributed by atoms with Crippen LogP contribution in [0.25, 0.3) is 0 Å². The van der Waals surface area contributed by atoms with Crippen LogP contribution in [-0.2, 0) is 9.47 Å². The lowest BCUT2D eigenvalue weighted by Crippen LogP contribution is -1.94. The Morgan fingerprint density at radius 1 is 1.08 bits per heavy atom. The average Bonchev–Trinajstić information content (AvgIpc) is 2.26. The van der Waals surface area contributed by atoms with E-state index in [9.17, 15) is 0 Å². The first kappa shape index (κ1) is 8.91. The molecule has 0 aliphatic heterocycles. The van der Waals surface area contributed by atoms with Gasteiger partial charge in [0.25, 0.3) is 0 Å². The van der Waals surface area contributed by atoms with Crippen molar-refractivity contribution in [2.75, 3.05) is 14.2 Å². The molecule has 0 saturated carbocycles. The van der Waals surface area contributed by atoms with Crippen LogP contribution < -0.4 is 0 Å². The van der Waals surface area contributed by atoms with Crippen LogP contribution >= 0.6 is 0 Å². The van der Waals surface area contributed by atoms with Crippen LogP contribution in [0.3, 0.4) is 0 Å². The highest BCUT2D eigenvalue weighted by Crippen LogP contribution is 2.18. The summed E-state index contributed by atoms with van der Waals surface area (Å²) in [5.74, 6) is 1.61. The molecule has 0 aromatic rings. The lowest BCUT2D eigenvalue weighted by atomic mass is 10.2. The maximum Gasteiger partial charge on any atom is 0.160 e. The Labute approximate surface area is 73.2 Å². The SMILES string of the molecule is COC1=CCC=C(C)C=C1OC. The molecule has 0 fully saturated rings. The molecule has 0 saturated heterocycles. The number of ether oxygens (including phenoxy) is 2. The number of rotatable bonds is 2. The fourth-order valence-corrected chi connectivity index (χ4v) is 1.13. The van der Waals surface area contributed by atoms with E-state index < -0.39 is 0 Å². The summed E-state index contributed by atoms with van der Waals surface area (Å²) < 4.78 is 10.3. The molecule has 2 heteroatoms. The van der Waals surface area contributed by atoms with Crippen molar-refractivity contribution < 1.29 is 9.47 Å². The highest BCUT2D eigenvalue weighted by molar-refractivity contribution is 5.32. The van der Waals surface area contributed by atoms with E-state index in [1.54, 1.807) is 14.2 Å². The van der Waals surface area contributed by atoms with Gasteiger partial charge in [-0.1, -0.05) is 11.6 Å². The summed E-state index contributed by atoms with van der Waals surface area (Å²) in [6.07, 6.45) is 7.01. The molecule has 0 aromatic heterocycles. The van der Waals surface area contributed by atoms with E-state index >= 15 is 0 Å². The molecule has 0 unspecified atom stereocenters. The predicted molar refractivity (Wildman–Crippen MR) is 48.6 cm³/mol. The summed E-state index contributed by atoms with van der Waals surface area (Å²) in [6, 6.07) is 0. The minimum Gasteiger partial charge on any atom is -0.493 e. The Morgan fingerprint density at radius 2 is 1.75 bits per heavy atom. The van der Waals surface area contributed by atoms with E-state index in [0.717, 1.165) is 17.9 Å². The van der Waals surface area contributed by atoms with Gasteiger partial charge in [0.1, 0.15) is 0 Å². The second-order valence-corrected chi connectivity index (χ2v) is 2.67. The zero-order chi connectivity index (χ0) is 8.97. The van der Waals surface area contributed by atoms with Gasteiger partial charge in [0.05, 0.1) is 14.2 Å². The summed E-state index contributed by atoms with van der Waals surface area (Å²) in [4.78, 5) is 0. The Balaban J connectivity index is 2.91. The molecule has 0 heterocycles. The van der Waals surface area contributed by atoms with Gasteiger partial charge in [0.2, 0.25) is 0 Å². The molecule has 1 rings (SSSR count). The van der Waals surface area contributed by atoms with Crippen molar-refractivity contribution in [2.24, 2.45) is 0 Å². The zero-order valence-corrected chi connectivity index (χ0v) is 7.76. The number of allylic oxidation sites excluding steroid dienone is 4. The Hall–Kier alpha value is -1.18. The zero-order valence-electron chi connectivity index (χ0n) is 7.76. The smallest absolute Gasteiger partial charge is 0.160 e. The Morgan fingerprint density at radius 3 is 2.33 bits per heavy atom. The van der Waals surface area contributed by atoms with Crippen LogP contribution in [0.1, 0.15) is 13.3 Å². The van der Waals surface area contributed by atoms with Gasteiger partial charge in [0.15, 0.2) is 11.5 Å². The van der Waals surface area contributed by atoms with Crippen molar-refractivity contribution in [1.82, 2.24) is 0 Å². The van der Waals surface area contributed by atoms with Crippen molar-refractivity contribution in [3.05, 3.63) is 35.3 Å². The molecule has 0 bridgehead atoms. The molecule has 0 spiro atoms. The monoisotopic (exact) mass is 166 g/mol. The van der Waals surface area contributed by atoms with E-state index in [4.69, 9.17) is 9.47 Å². The maximum atomic E-state index is 5.17. The normalized spacial score (nSPS) is 17.1. The Bertz CT molecular complexity index is 247. The van der Waals surface area contributed by atoms with Crippen LogP contribution in [0.4, 0.5) is 0 Å². The molecule has 66 valence electrons. The fraction of sp³-hybridized carbons (Fsp3) is 0.400. The topological polar surface area (TPSA) is 18.5 Å². The fourth-order valence-electron chi connectivity index (χ4n) is 1.13. The summed E-state index contributed by atoms with van der Waals surface area (Å²) in [5, 5.41) is 0. The summed E-state index contributed by atoms with van der Waals surface area (Å²) >= 11 is 0. The molecule has 0 amide bonds. The third-order valence-electron chi connectivity index (χ3n) is 1.78. The lowest BCUT2D eigenvalue weighted by molar-refractivity contribution is 0.219. The molecular weight excluding hydrogens is 152 g/mol. The molecular formula is C10H14O2. The number of hydrogen-bond donors (Lipinski definition) is 0. The van der Waals surface area contributed by atoms with Gasteiger partial charge in [0, 0.05) is 0 Å². The minimum atomic E-state index is 0.795. The molecule has 0 atom stereocenters. The average molecular weight is 166 g/mol. The van der Waals surface area contributed by atoms with Gasteiger partial charge in [-0.05, 0) is 25.5 Å². The number of hydrogen-bond acceptors (Lipinski definition) is 2. The Kier molecular flexibility index (Phi) is 2.97. The minimum absolute atomic E-state index is 0.795. The van der Waals surface area contributed by atoms with Crippen molar-refractivity contribution in [3.63, 3.8) is 0 Å². The third kappa shape index (κ3) is 1.91. The molecule has 0 N–H and O–H groups in total. The quantitative estimate of drug-likeness (QED) is 0.627. The van der Waals surface area contributed by atoms with E-state index in [0.29, 0.717) is 0 Å². The van der Waals surface area contributed by atoms with E-state index in [1.165, 1.54) is 5.57 Å².